The molecule has 3 rings (SSSR count). The van der Waals surface area contributed by atoms with Crippen molar-refractivity contribution < 1.29 is 17.9 Å². The van der Waals surface area contributed by atoms with Crippen molar-refractivity contribution in [3.05, 3.63) is 65.2 Å². The topological polar surface area (TPSA) is 75.7 Å². The first-order valence-electron chi connectivity index (χ1n) is 9.97. The molecule has 0 radical (unpaired) electrons. The maximum Gasteiger partial charge on any atom is 0.242 e. The first-order chi connectivity index (χ1) is 14.5. The lowest BCUT2D eigenvalue weighted by atomic mass is 9.96. The molecule has 0 spiro atoms. The van der Waals surface area contributed by atoms with Crippen molar-refractivity contribution in [1.29, 1.82) is 0 Å². The van der Waals surface area contributed by atoms with E-state index < -0.39 is 15.9 Å². The second-order valence-electron chi connectivity index (χ2n) is 7.88. The number of ether oxygens (including phenoxy) is 1. The summed E-state index contributed by atoms with van der Waals surface area (Å²) in [5.41, 5.74) is 3.01. The zero-order valence-electron chi connectivity index (χ0n) is 18.7. The van der Waals surface area contributed by atoms with Crippen LogP contribution in [0.3, 0.4) is 0 Å². The van der Waals surface area contributed by atoms with Gasteiger partial charge < -0.3 is 10.1 Å². The smallest absolute Gasteiger partial charge is 0.242 e. The SMILES string of the molecule is COc1ccc2cc(C(C)C(=O)Nc3cc(S(=O)(=O)N(C)C)cc(C)c3C)ccc2c1. The van der Waals surface area contributed by atoms with Gasteiger partial charge in [-0.3, -0.25) is 4.79 Å². The number of aryl methyl sites for hydroxylation is 1. The minimum atomic E-state index is -3.61. The van der Waals surface area contributed by atoms with E-state index in [2.05, 4.69) is 5.32 Å². The van der Waals surface area contributed by atoms with Crippen LogP contribution < -0.4 is 10.1 Å². The number of methoxy groups -OCH3 is 1. The molecule has 0 aliphatic rings. The van der Waals surface area contributed by atoms with Crippen LogP contribution in [0.1, 0.15) is 29.5 Å². The predicted molar refractivity (Wildman–Crippen MR) is 124 cm³/mol. The van der Waals surface area contributed by atoms with E-state index in [4.69, 9.17) is 4.74 Å². The fourth-order valence-corrected chi connectivity index (χ4v) is 4.36. The number of carbonyl (C=O) groups is 1. The van der Waals surface area contributed by atoms with Gasteiger partial charge in [0.1, 0.15) is 5.75 Å². The van der Waals surface area contributed by atoms with Gasteiger partial charge in [-0.15, -0.1) is 0 Å². The van der Waals surface area contributed by atoms with Gasteiger partial charge in [-0.25, -0.2) is 12.7 Å². The Kier molecular flexibility index (Phi) is 6.38. The van der Waals surface area contributed by atoms with Crippen LogP contribution in [-0.2, 0) is 14.8 Å². The molecule has 0 saturated heterocycles. The summed E-state index contributed by atoms with van der Waals surface area (Å²) < 4.78 is 31.6. The van der Waals surface area contributed by atoms with E-state index >= 15 is 0 Å². The lowest BCUT2D eigenvalue weighted by molar-refractivity contribution is -0.117. The maximum absolute atomic E-state index is 13.0. The summed E-state index contributed by atoms with van der Waals surface area (Å²) in [7, 11) is 0.997. The molecule has 3 aromatic carbocycles. The first-order valence-corrected chi connectivity index (χ1v) is 11.4. The molecule has 3 aromatic rings. The molecule has 31 heavy (non-hydrogen) atoms. The Morgan fingerprint density at radius 1 is 1.00 bits per heavy atom. The normalized spacial score (nSPS) is 12.7. The fourth-order valence-electron chi connectivity index (χ4n) is 3.35. The summed E-state index contributed by atoms with van der Waals surface area (Å²) in [6, 6.07) is 14.8. The molecule has 1 atom stereocenters. The van der Waals surface area contributed by atoms with E-state index in [1.54, 1.807) is 13.2 Å². The molecule has 1 unspecified atom stereocenters. The molecule has 0 aromatic heterocycles. The highest BCUT2D eigenvalue weighted by Gasteiger charge is 2.22. The van der Waals surface area contributed by atoms with Crippen LogP contribution in [0.2, 0.25) is 0 Å². The average Bonchev–Trinajstić information content (AvgIpc) is 2.75. The number of amides is 1. The highest BCUT2D eigenvalue weighted by Crippen LogP contribution is 2.29. The van der Waals surface area contributed by atoms with Crippen LogP contribution in [0, 0.1) is 13.8 Å². The zero-order valence-corrected chi connectivity index (χ0v) is 19.5. The Labute approximate surface area is 183 Å². The number of anilines is 1. The molecular formula is C24H28N2O4S. The minimum absolute atomic E-state index is 0.156. The first kappa shape index (κ1) is 22.8. The molecule has 0 heterocycles. The number of sulfonamides is 1. The molecule has 0 aliphatic heterocycles. The number of benzene rings is 3. The van der Waals surface area contributed by atoms with Crippen LogP contribution in [0.4, 0.5) is 5.69 Å². The van der Waals surface area contributed by atoms with Gasteiger partial charge >= 0.3 is 0 Å². The molecular weight excluding hydrogens is 412 g/mol. The van der Waals surface area contributed by atoms with Crippen LogP contribution in [0.5, 0.6) is 5.75 Å². The Bertz CT molecular complexity index is 1250. The summed E-state index contributed by atoms with van der Waals surface area (Å²) in [5, 5.41) is 4.97. The Morgan fingerprint density at radius 3 is 2.29 bits per heavy atom. The standard InChI is InChI=1S/C24H28N2O4S/c1-15-11-22(31(28,29)26(4)5)14-23(16(15)2)25-24(27)17(3)18-7-8-20-13-21(30-6)10-9-19(20)12-18/h7-14,17H,1-6H3,(H,25,27). The van der Waals surface area contributed by atoms with E-state index in [1.165, 1.54) is 20.2 Å². The van der Waals surface area contributed by atoms with E-state index in [9.17, 15) is 13.2 Å². The van der Waals surface area contributed by atoms with Crippen LogP contribution in [0.25, 0.3) is 10.8 Å². The number of carbonyl (C=O) groups excluding carboxylic acids is 1. The summed E-state index contributed by atoms with van der Waals surface area (Å²) in [5.74, 6) is 0.166. The van der Waals surface area contributed by atoms with Gasteiger partial charge in [0, 0.05) is 19.8 Å². The number of fused-ring (bicyclic) bond motifs is 1. The number of rotatable bonds is 6. The number of nitrogens with zero attached hydrogens (tertiary/aromatic N) is 1. The Balaban J connectivity index is 1.90. The van der Waals surface area contributed by atoms with E-state index in [0.29, 0.717) is 5.69 Å². The van der Waals surface area contributed by atoms with Crippen LogP contribution in [0.15, 0.2) is 53.4 Å². The van der Waals surface area contributed by atoms with Crippen LogP contribution >= 0.6 is 0 Å². The van der Waals surface area contributed by atoms with Gasteiger partial charge in [-0.2, -0.15) is 0 Å². The molecule has 6 nitrogen and oxygen atoms in total. The predicted octanol–water partition coefficient (Wildman–Crippen LogP) is 4.46. The quantitative estimate of drug-likeness (QED) is 0.614. The maximum atomic E-state index is 13.0. The third-order valence-corrected chi connectivity index (χ3v) is 7.43. The van der Waals surface area contributed by atoms with Crippen molar-refractivity contribution in [1.82, 2.24) is 4.31 Å². The molecule has 0 fully saturated rings. The zero-order chi connectivity index (χ0) is 22.9. The monoisotopic (exact) mass is 440 g/mol. The van der Waals surface area contributed by atoms with Crippen molar-refractivity contribution in [3.63, 3.8) is 0 Å². The minimum Gasteiger partial charge on any atom is -0.497 e. The van der Waals surface area contributed by atoms with Crippen molar-refractivity contribution in [2.45, 2.75) is 31.6 Å². The van der Waals surface area contributed by atoms with Crippen molar-refractivity contribution >= 4 is 32.4 Å². The highest BCUT2D eigenvalue weighted by molar-refractivity contribution is 7.89. The molecule has 0 aliphatic carbocycles. The molecule has 1 amide bonds. The number of nitrogens with one attached hydrogen (secondary N) is 1. The lowest BCUT2D eigenvalue weighted by Gasteiger charge is -2.18. The molecule has 0 bridgehead atoms. The Hall–Kier alpha value is -2.90. The number of hydrogen-bond donors (Lipinski definition) is 1. The summed E-state index contributed by atoms with van der Waals surface area (Å²) >= 11 is 0. The fraction of sp³-hybridized carbons (Fsp3) is 0.292. The van der Waals surface area contributed by atoms with Gasteiger partial charge in [0.25, 0.3) is 0 Å². The summed E-state index contributed by atoms with van der Waals surface area (Å²) in [4.78, 5) is 13.2. The molecule has 1 N–H and O–H groups in total. The van der Waals surface area contributed by atoms with Gasteiger partial charge in [0.05, 0.1) is 17.9 Å². The van der Waals surface area contributed by atoms with Crippen molar-refractivity contribution in [2.24, 2.45) is 0 Å². The highest BCUT2D eigenvalue weighted by atomic mass is 32.2. The average molecular weight is 441 g/mol. The molecule has 7 heteroatoms. The second-order valence-corrected chi connectivity index (χ2v) is 10.0. The van der Waals surface area contributed by atoms with Crippen molar-refractivity contribution in [2.75, 3.05) is 26.5 Å². The van der Waals surface area contributed by atoms with E-state index in [1.807, 2.05) is 57.2 Å². The number of hydrogen-bond acceptors (Lipinski definition) is 4. The lowest BCUT2D eigenvalue weighted by Crippen LogP contribution is -2.23. The van der Waals surface area contributed by atoms with Crippen molar-refractivity contribution in [3.8, 4) is 5.75 Å². The molecule has 164 valence electrons. The third kappa shape index (κ3) is 4.57. The third-order valence-electron chi connectivity index (χ3n) is 5.64. The van der Waals surface area contributed by atoms with Gasteiger partial charge in [-0.05, 0) is 72.5 Å². The van der Waals surface area contributed by atoms with Gasteiger partial charge in [-0.1, -0.05) is 24.3 Å². The summed E-state index contributed by atoms with van der Waals surface area (Å²) in [6.45, 7) is 5.54. The summed E-state index contributed by atoms with van der Waals surface area (Å²) in [6.07, 6.45) is 0. The van der Waals surface area contributed by atoms with E-state index in [-0.39, 0.29) is 10.8 Å². The Morgan fingerprint density at radius 2 is 1.65 bits per heavy atom. The van der Waals surface area contributed by atoms with Gasteiger partial charge in [0.2, 0.25) is 15.9 Å². The van der Waals surface area contributed by atoms with Gasteiger partial charge in [0.15, 0.2) is 0 Å². The van der Waals surface area contributed by atoms with E-state index in [0.717, 1.165) is 37.5 Å². The van der Waals surface area contributed by atoms with Crippen LogP contribution in [-0.4, -0.2) is 39.8 Å². The molecule has 0 saturated carbocycles. The second kappa shape index (κ2) is 8.69. The largest absolute Gasteiger partial charge is 0.497 e.